The smallest absolute Gasteiger partial charge is 0.308 e. The van der Waals surface area contributed by atoms with E-state index in [9.17, 15) is 4.79 Å². The molecule has 0 aliphatic heterocycles. The molecule has 6 heteroatoms. The maximum atomic E-state index is 11.7. The lowest BCUT2D eigenvalue weighted by Gasteiger charge is -2.07. The molecule has 0 saturated carbocycles. The number of rotatable bonds is 3. The average Bonchev–Trinajstić information content (AvgIpc) is 2.42. The minimum absolute atomic E-state index is 0.313. The molecular formula is C13H12BrN3OS. The number of anilines is 2. The summed E-state index contributed by atoms with van der Waals surface area (Å²) in [5, 5.41) is 5.40. The van der Waals surface area contributed by atoms with Gasteiger partial charge >= 0.3 is 6.03 Å². The van der Waals surface area contributed by atoms with E-state index in [0.717, 1.165) is 15.1 Å². The Morgan fingerprint density at radius 1 is 1.16 bits per heavy atom. The highest BCUT2D eigenvalue weighted by Crippen LogP contribution is 2.17. The number of halogens is 1. The summed E-state index contributed by atoms with van der Waals surface area (Å²) in [6.45, 7) is 0. The number of carbonyl (C=O) groups excluding carboxylic acids is 1. The Bertz CT molecular complexity index is 557. The number of thioether (sulfide) groups is 1. The van der Waals surface area contributed by atoms with Crippen molar-refractivity contribution < 1.29 is 4.79 Å². The van der Waals surface area contributed by atoms with Gasteiger partial charge < -0.3 is 5.32 Å². The molecule has 1 aromatic heterocycles. The topological polar surface area (TPSA) is 54.0 Å². The second-order valence-electron chi connectivity index (χ2n) is 3.67. The number of urea groups is 1. The molecule has 0 atom stereocenters. The molecule has 1 heterocycles. The lowest BCUT2D eigenvalue weighted by atomic mass is 10.3. The van der Waals surface area contributed by atoms with Crippen molar-refractivity contribution in [3.05, 3.63) is 47.1 Å². The summed E-state index contributed by atoms with van der Waals surface area (Å²) in [6, 6.07) is 10.9. The van der Waals surface area contributed by atoms with Gasteiger partial charge in [0.15, 0.2) is 0 Å². The Balaban J connectivity index is 1.95. The molecule has 2 amide bonds. The first-order valence-corrected chi connectivity index (χ1v) is 7.53. The summed E-state index contributed by atoms with van der Waals surface area (Å²) < 4.78 is 0.867. The van der Waals surface area contributed by atoms with E-state index in [4.69, 9.17) is 0 Å². The van der Waals surface area contributed by atoms with E-state index in [2.05, 4.69) is 31.5 Å². The van der Waals surface area contributed by atoms with Crippen LogP contribution in [-0.4, -0.2) is 17.3 Å². The maximum Gasteiger partial charge on any atom is 0.324 e. The fourth-order valence-corrected chi connectivity index (χ4v) is 2.05. The maximum absolute atomic E-state index is 11.7. The molecule has 0 aliphatic rings. The fraction of sp³-hybridized carbons (Fsp3) is 0.0769. The van der Waals surface area contributed by atoms with E-state index in [1.807, 2.05) is 36.6 Å². The van der Waals surface area contributed by atoms with Crippen molar-refractivity contribution >= 4 is 45.2 Å². The van der Waals surface area contributed by atoms with E-state index in [1.54, 1.807) is 24.0 Å². The minimum Gasteiger partial charge on any atom is -0.308 e. The second kappa shape index (κ2) is 6.58. The van der Waals surface area contributed by atoms with E-state index < -0.39 is 0 Å². The van der Waals surface area contributed by atoms with Crippen LogP contribution < -0.4 is 10.6 Å². The summed E-state index contributed by atoms with van der Waals surface area (Å²) in [4.78, 5) is 17.0. The molecule has 98 valence electrons. The third kappa shape index (κ3) is 4.25. The van der Waals surface area contributed by atoms with Crippen molar-refractivity contribution in [2.45, 2.75) is 4.90 Å². The van der Waals surface area contributed by atoms with Gasteiger partial charge in [0.05, 0.1) is 0 Å². The predicted octanol–water partition coefficient (Wildman–Crippen LogP) is 4.21. The van der Waals surface area contributed by atoms with Crippen molar-refractivity contribution in [2.24, 2.45) is 0 Å². The molecule has 2 rings (SSSR count). The second-order valence-corrected chi connectivity index (χ2v) is 5.46. The largest absolute Gasteiger partial charge is 0.324 e. The molecule has 0 unspecified atom stereocenters. The highest BCUT2D eigenvalue weighted by atomic mass is 79.9. The third-order valence-electron chi connectivity index (χ3n) is 2.32. The highest BCUT2D eigenvalue weighted by Gasteiger charge is 2.03. The van der Waals surface area contributed by atoms with Crippen LogP contribution in [0.4, 0.5) is 16.3 Å². The summed E-state index contributed by atoms with van der Waals surface area (Å²) in [6.07, 6.45) is 3.64. The predicted molar refractivity (Wildman–Crippen MR) is 82.8 cm³/mol. The molecule has 0 spiro atoms. The Morgan fingerprint density at radius 3 is 2.47 bits per heavy atom. The van der Waals surface area contributed by atoms with Crippen LogP contribution >= 0.6 is 27.7 Å². The molecular weight excluding hydrogens is 326 g/mol. The molecule has 0 radical (unpaired) electrons. The van der Waals surface area contributed by atoms with Gasteiger partial charge in [-0.25, -0.2) is 9.78 Å². The molecule has 2 aromatic rings. The summed E-state index contributed by atoms with van der Waals surface area (Å²) in [7, 11) is 0. The van der Waals surface area contributed by atoms with Crippen LogP contribution in [0.25, 0.3) is 0 Å². The van der Waals surface area contributed by atoms with E-state index in [1.165, 1.54) is 0 Å². The van der Waals surface area contributed by atoms with Gasteiger partial charge in [0, 0.05) is 21.3 Å². The van der Waals surface area contributed by atoms with Crippen molar-refractivity contribution in [3.8, 4) is 0 Å². The molecule has 4 nitrogen and oxygen atoms in total. The van der Waals surface area contributed by atoms with Crippen LogP contribution in [-0.2, 0) is 0 Å². The van der Waals surface area contributed by atoms with Gasteiger partial charge in [-0.1, -0.05) is 0 Å². The first-order chi connectivity index (χ1) is 9.17. The fourth-order valence-electron chi connectivity index (χ4n) is 1.40. The molecule has 19 heavy (non-hydrogen) atoms. The first kappa shape index (κ1) is 13.9. The van der Waals surface area contributed by atoms with Crippen molar-refractivity contribution in [3.63, 3.8) is 0 Å². The minimum atomic E-state index is -0.313. The Kier molecular flexibility index (Phi) is 4.81. The van der Waals surface area contributed by atoms with Crippen LogP contribution in [0.1, 0.15) is 0 Å². The van der Waals surface area contributed by atoms with Gasteiger partial charge in [0.1, 0.15) is 5.82 Å². The lowest BCUT2D eigenvalue weighted by molar-refractivity contribution is 0.262. The number of aromatic nitrogens is 1. The first-order valence-electron chi connectivity index (χ1n) is 5.51. The zero-order valence-electron chi connectivity index (χ0n) is 10.2. The number of hydrogen-bond donors (Lipinski definition) is 2. The SMILES string of the molecule is CSc1ccc(NC(=O)Nc2ccc(Br)cn2)cc1. The number of hydrogen-bond acceptors (Lipinski definition) is 3. The summed E-state index contributed by atoms with van der Waals surface area (Å²) in [5.41, 5.74) is 0.743. The number of amides is 2. The highest BCUT2D eigenvalue weighted by molar-refractivity contribution is 9.10. The molecule has 2 N–H and O–H groups in total. The average molecular weight is 338 g/mol. The van der Waals surface area contributed by atoms with Gasteiger partial charge in [-0.3, -0.25) is 5.32 Å². The summed E-state index contributed by atoms with van der Waals surface area (Å²) >= 11 is 4.94. The van der Waals surface area contributed by atoms with Crippen LogP contribution in [0.15, 0.2) is 52.0 Å². The van der Waals surface area contributed by atoms with Gasteiger partial charge in [-0.15, -0.1) is 11.8 Å². The van der Waals surface area contributed by atoms with Crippen molar-refractivity contribution in [1.29, 1.82) is 0 Å². The van der Waals surface area contributed by atoms with Crippen LogP contribution in [0.2, 0.25) is 0 Å². The van der Waals surface area contributed by atoms with E-state index in [-0.39, 0.29) is 6.03 Å². The number of pyridine rings is 1. The van der Waals surface area contributed by atoms with Gasteiger partial charge in [-0.2, -0.15) is 0 Å². The molecule has 0 bridgehead atoms. The Labute approximate surface area is 124 Å². The Hall–Kier alpha value is -1.53. The van der Waals surface area contributed by atoms with Gasteiger partial charge in [0.25, 0.3) is 0 Å². The van der Waals surface area contributed by atoms with Gasteiger partial charge in [0.2, 0.25) is 0 Å². The third-order valence-corrected chi connectivity index (χ3v) is 3.53. The van der Waals surface area contributed by atoms with E-state index >= 15 is 0 Å². The quantitative estimate of drug-likeness (QED) is 0.825. The zero-order chi connectivity index (χ0) is 13.7. The normalized spacial score (nSPS) is 10.0. The molecule has 1 aromatic carbocycles. The number of benzene rings is 1. The van der Waals surface area contributed by atoms with Crippen LogP contribution in [0.5, 0.6) is 0 Å². The van der Waals surface area contributed by atoms with Crippen LogP contribution in [0, 0.1) is 0 Å². The molecule has 0 aliphatic carbocycles. The van der Waals surface area contributed by atoms with Crippen LogP contribution in [0.3, 0.4) is 0 Å². The van der Waals surface area contributed by atoms with Gasteiger partial charge in [-0.05, 0) is 58.6 Å². The zero-order valence-corrected chi connectivity index (χ0v) is 12.6. The van der Waals surface area contributed by atoms with E-state index in [0.29, 0.717) is 5.82 Å². The standard InChI is InChI=1S/C13H12BrN3OS/c1-19-11-5-3-10(4-6-11)16-13(18)17-12-7-2-9(14)8-15-12/h2-8H,1H3,(H2,15,16,17,18). The molecule has 0 saturated heterocycles. The summed E-state index contributed by atoms with van der Waals surface area (Å²) in [5.74, 6) is 0.501. The van der Waals surface area contributed by atoms with Crippen molar-refractivity contribution in [1.82, 2.24) is 4.98 Å². The van der Waals surface area contributed by atoms with Crippen molar-refractivity contribution in [2.75, 3.05) is 16.9 Å². The lowest BCUT2D eigenvalue weighted by Crippen LogP contribution is -2.19. The monoisotopic (exact) mass is 337 g/mol. The Morgan fingerprint density at radius 2 is 1.89 bits per heavy atom. The number of nitrogens with zero attached hydrogens (tertiary/aromatic N) is 1. The molecule has 0 fully saturated rings. The number of carbonyl (C=O) groups is 1. The number of nitrogens with one attached hydrogen (secondary N) is 2.